The Hall–Kier alpha value is -2.97. The maximum absolute atomic E-state index is 13.2. The van der Waals surface area contributed by atoms with E-state index in [4.69, 9.17) is 4.74 Å². The first-order valence-electron chi connectivity index (χ1n) is 10.0. The van der Waals surface area contributed by atoms with E-state index in [-0.39, 0.29) is 17.3 Å². The smallest absolute Gasteiger partial charge is 0.243 e. The number of carbonyl (C=O) groups is 1. The molecule has 4 rings (SSSR count). The highest BCUT2D eigenvalue weighted by atomic mass is 32.2. The minimum Gasteiger partial charge on any atom is -0.496 e. The summed E-state index contributed by atoms with van der Waals surface area (Å²) in [5.74, 6) is -0.497. The Labute approximate surface area is 180 Å². The number of benzene rings is 3. The van der Waals surface area contributed by atoms with Crippen molar-refractivity contribution in [1.82, 2.24) is 4.31 Å². The van der Waals surface area contributed by atoms with Crippen LogP contribution in [0.15, 0.2) is 65.6 Å². The van der Waals surface area contributed by atoms with Gasteiger partial charge in [0.25, 0.3) is 0 Å². The van der Waals surface area contributed by atoms with E-state index in [1.807, 2.05) is 24.3 Å². The third-order valence-electron chi connectivity index (χ3n) is 5.57. The second-order valence-electron chi connectivity index (χ2n) is 7.51. The molecule has 0 bridgehead atoms. The van der Waals surface area contributed by atoms with Gasteiger partial charge in [-0.1, -0.05) is 24.3 Å². The first kappa shape index (κ1) is 21.3. The average molecular weight is 443 g/mol. The summed E-state index contributed by atoms with van der Waals surface area (Å²) in [6.07, 6.45) is 1.16. The van der Waals surface area contributed by atoms with Gasteiger partial charge < -0.3 is 10.1 Å². The van der Waals surface area contributed by atoms with Crippen molar-refractivity contribution in [3.63, 3.8) is 0 Å². The van der Waals surface area contributed by atoms with Crippen LogP contribution in [0.1, 0.15) is 12.8 Å². The number of fused-ring (bicyclic) bond motifs is 1. The van der Waals surface area contributed by atoms with Crippen molar-refractivity contribution in [3.8, 4) is 5.75 Å². The van der Waals surface area contributed by atoms with Gasteiger partial charge in [-0.2, -0.15) is 4.31 Å². The third-order valence-corrected chi connectivity index (χ3v) is 7.45. The fraction of sp³-hybridized carbons (Fsp3) is 0.261. The molecule has 8 heteroatoms. The maximum atomic E-state index is 13.2. The lowest BCUT2D eigenvalue weighted by Gasteiger charge is -2.31. The molecule has 1 saturated heterocycles. The molecule has 6 nitrogen and oxygen atoms in total. The van der Waals surface area contributed by atoms with Crippen LogP contribution in [0, 0.1) is 11.7 Å². The van der Waals surface area contributed by atoms with Crippen LogP contribution in [0.3, 0.4) is 0 Å². The van der Waals surface area contributed by atoms with Crippen molar-refractivity contribution in [3.05, 3.63) is 66.5 Å². The van der Waals surface area contributed by atoms with Gasteiger partial charge in [0.15, 0.2) is 0 Å². The Morgan fingerprint density at radius 1 is 1.06 bits per heavy atom. The summed E-state index contributed by atoms with van der Waals surface area (Å²) in [5, 5.41) is 4.69. The van der Waals surface area contributed by atoms with Gasteiger partial charge in [-0.3, -0.25) is 4.79 Å². The minimum absolute atomic E-state index is 0.0242. The van der Waals surface area contributed by atoms with Crippen LogP contribution in [-0.4, -0.2) is 38.8 Å². The third kappa shape index (κ3) is 4.26. The average Bonchev–Trinajstić information content (AvgIpc) is 2.79. The number of carbonyl (C=O) groups excluding carboxylic acids is 1. The highest BCUT2D eigenvalue weighted by molar-refractivity contribution is 7.89. The van der Waals surface area contributed by atoms with Gasteiger partial charge in [-0.25, -0.2) is 12.8 Å². The Morgan fingerprint density at radius 2 is 1.77 bits per heavy atom. The normalized spacial score (nSPS) is 17.4. The number of rotatable bonds is 5. The van der Waals surface area contributed by atoms with E-state index in [1.54, 1.807) is 19.2 Å². The topological polar surface area (TPSA) is 75.7 Å². The molecule has 1 aliphatic heterocycles. The molecule has 3 aromatic carbocycles. The molecule has 0 aliphatic carbocycles. The first-order valence-corrected chi connectivity index (χ1v) is 11.5. The lowest BCUT2D eigenvalue weighted by molar-refractivity contribution is -0.120. The van der Waals surface area contributed by atoms with Crippen LogP contribution in [0.25, 0.3) is 10.8 Å². The molecule has 31 heavy (non-hydrogen) atoms. The molecule has 0 radical (unpaired) electrons. The molecule has 0 spiro atoms. The summed E-state index contributed by atoms with van der Waals surface area (Å²) in [5.41, 5.74) is 0.653. The molecular weight excluding hydrogens is 419 g/mol. The summed E-state index contributed by atoms with van der Waals surface area (Å²) in [6.45, 7) is 0.411. The number of halogens is 1. The molecule has 1 heterocycles. The number of hydrogen-bond acceptors (Lipinski definition) is 4. The fourth-order valence-electron chi connectivity index (χ4n) is 3.92. The van der Waals surface area contributed by atoms with Crippen molar-refractivity contribution < 1.29 is 22.3 Å². The summed E-state index contributed by atoms with van der Waals surface area (Å²) < 4.78 is 45.7. The van der Waals surface area contributed by atoms with Crippen molar-refractivity contribution in [2.24, 2.45) is 5.92 Å². The Balaban J connectivity index is 1.54. The quantitative estimate of drug-likeness (QED) is 0.647. The molecule has 162 valence electrons. The maximum Gasteiger partial charge on any atom is 0.243 e. The predicted octanol–water partition coefficient (Wildman–Crippen LogP) is 4.03. The number of nitrogens with one attached hydrogen (secondary N) is 1. The van der Waals surface area contributed by atoms with Crippen LogP contribution in [0.4, 0.5) is 10.1 Å². The number of methoxy groups -OCH3 is 1. The SMILES string of the molecule is COc1ccc(NC(=O)C2CCCN(S(=O)(=O)c3ccc(F)cc3)C2)c2ccccc12. The van der Waals surface area contributed by atoms with E-state index >= 15 is 0 Å². The second-order valence-corrected chi connectivity index (χ2v) is 9.44. The molecule has 1 amide bonds. The predicted molar refractivity (Wildman–Crippen MR) is 117 cm³/mol. The van der Waals surface area contributed by atoms with Crippen molar-refractivity contribution >= 4 is 32.4 Å². The number of ether oxygens (including phenoxy) is 1. The number of nitrogens with zero attached hydrogens (tertiary/aromatic N) is 1. The van der Waals surface area contributed by atoms with Gasteiger partial charge >= 0.3 is 0 Å². The van der Waals surface area contributed by atoms with Gasteiger partial charge in [-0.15, -0.1) is 0 Å². The van der Waals surface area contributed by atoms with Gasteiger partial charge in [0.1, 0.15) is 11.6 Å². The van der Waals surface area contributed by atoms with E-state index in [0.717, 1.165) is 22.9 Å². The van der Waals surface area contributed by atoms with Crippen molar-refractivity contribution in [2.45, 2.75) is 17.7 Å². The number of anilines is 1. The monoisotopic (exact) mass is 442 g/mol. The number of hydrogen-bond donors (Lipinski definition) is 1. The lowest BCUT2D eigenvalue weighted by atomic mass is 9.98. The van der Waals surface area contributed by atoms with E-state index in [2.05, 4.69) is 5.32 Å². The van der Waals surface area contributed by atoms with E-state index < -0.39 is 21.8 Å². The summed E-state index contributed by atoms with van der Waals surface area (Å²) in [4.78, 5) is 13.0. The number of amides is 1. The summed E-state index contributed by atoms with van der Waals surface area (Å²) >= 11 is 0. The van der Waals surface area contributed by atoms with Crippen molar-refractivity contribution in [1.29, 1.82) is 0 Å². The van der Waals surface area contributed by atoms with Crippen LogP contribution in [0.5, 0.6) is 5.75 Å². The lowest BCUT2D eigenvalue weighted by Crippen LogP contribution is -2.43. The molecule has 0 saturated carbocycles. The van der Waals surface area contributed by atoms with Gasteiger partial charge in [0.05, 0.1) is 17.9 Å². The summed E-state index contributed by atoms with van der Waals surface area (Å²) in [7, 11) is -2.20. The first-order chi connectivity index (χ1) is 14.9. The van der Waals surface area contributed by atoms with Gasteiger partial charge in [0.2, 0.25) is 15.9 Å². The Bertz CT molecular complexity index is 1210. The zero-order chi connectivity index (χ0) is 22.0. The highest BCUT2D eigenvalue weighted by Crippen LogP contribution is 2.32. The van der Waals surface area contributed by atoms with Crippen LogP contribution < -0.4 is 10.1 Å². The largest absolute Gasteiger partial charge is 0.496 e. The standard InChI is InChI=1S/C23H23FN2O4S/c1-30-22-13-12-21(19-6-2-3-7-20(19)22)25-23(27)16-5-4-14-26(15-16)31(28,29)18-10-8-17(24)9-11-18/h2-3,6-13,16H,4-5,14-15H2,1H3,(H,25,27). The molecule has 1 unspecified atom stereocenters. The Kier molecular flexibility index (Phi) is 5.93. The molecule has 1 atom stereocenters. The van der Waals surface area contributed by atoms with E-state index in [9.17, 15) is 17.6 Å². The van der Waals surface area contributed by atoms with Crippen molar-refractivity contribution in [2.75, 3.05) is 25.5 Å². The fourth-order valence-corrected chi connectivity index (χ4v) is 5.45. The number of sulfonamides is 1. The highest BCUT2D eigenvalue weighted by Gasteiger charge is 2.33. The number of piperidine rings is 1. The Morgan fingerprint density at radius 3 is 2.48 bits per heavy atom. The molecule has 3 aromatic rings. The van der Waals surface area contributed by atoms with Gasteiger partial charge in [-0.05, 0) is 49.2 Å². The van der Waals surface area contributed by atoms with Crippen LogP contribution in [-0.2, 0) is 14.8 Å². The summed E-state index contributed by atoms with van der Waals surface area (Å²) in [6, 6.07) is 15.9. The molecule has 1 aliphatic rings. The van der Waals surface area contributed by atoms with Crippen LogP contribution >= 0.6 is 0 Å². The molecular formula is C23H23FN2O4S. The minimum atomic E-state index is -3.79. The van der Waals surface area contributed by atoms with Crippen LogP contribution in [0.2, 0.25) is 0 Å². The zero-order valence-corrected chi connectivity index (χ0v) is 17.9. The zero-order valence-electron chi connectivity index (χ0n) is 17.0. The molecule has 1 fully saturated rings. The van der Waals surface area contributed by atoms with Gasteiger partial charge in [0, 0.05) is 29.5 Å². The van der Waals surface area contributed by atoms with E-state index in [0.29, 0.717) is 30.8 Å². The van der Waals surface area contributed by atoms with E-state index in [1.165, 1.54) is 16.4 Å². The molecule has 0 aromatic heterocycles. The molecule has 1 N–H and O–H groups in total. The second kappa shape index (κ2) is 8.64.